The van der Waals surface area contributed by atoms with Crippen LogP contribution in [-0.2, 0) is 13.1 Å². The van der Waals surface area contributed by atoms with Crippen LogP contribution in [0.4, 0.5) is 0 Å². The maximum atomic E-state index is 12.7. The van der Waals surface area contributed by atoms with E-state index in [1.165, 1.54) is 5.56 Å². The first-order valence-electron chi connectivity index (χ1n) is 8.27. The van der Waals surface area contributed by atoms with Gasteiger partial charge in [-0.15, -0.1) is 0 Å². The SMILES string of the molecule is Cc1cccc(-c2ccc(C)c(-c3c(O)n4n(c3=O)CCC4)c2)c1. The van der Waals surface area contributed by atoms with Crippen LogP contribution in [-0.4, -0.2) is 14.5 Å². The van der Waals surface area contributed by atoms with E-state index in [1.54, 1.807) is 9.36 Å². The van der Waals surface area contributed by atoms with Gasteiger partial charge >= 0.3 is 0 Å². The Morgan fingerprint density at radius 3 is 2.46 bits per heavy atom. The van der Waals surface area contributed by atoms with E-state index in [4.69, 9.17) is 0 Å². The molecule has 0 radical (unpaired) electrons. The van der Waals surface area contributed by atoms with Crippen molar-refractivity contribution in [1.82, 2.24) is 9.36 Å². The summed E-state index contributed by atoms with van der Waals surface area (Å²) in [7, 11) is 0. The number of aromatic hydroxyl groups is 1. The minimum atomic E-state index is -0.102. The Hall–Kier alpha value is -2.75. The van der Waals surface area contributed by atoms with Crippen molar-refractivity contribution in [2.24, 2.45) is 0 Å². The predicted molar refractivity (Wildman–Crippen MR) is 95.3 cm³/mol. The summed E-state index contributed by atoms with van der Waals surface area (Å²) < 4.78 is 3.33. The predicted octanol–water partition coefficient (Wildman–Crippen LogP) is 3.71. The topological polar surface area (TPSA) is 47.2 Å². The Labute approximate surface area is 140 Å². The molecule has 0 aliphatic carbocycles. The lowest BCUT2D eigenvalue weighted by molar-refractivity contribution is 0.399. The molecular weight excluding hydrogens is 300 g/mol. The summed E-state index contributed by atoms with van der Waals surface area (Å²) in [5, 5.41) is 10.6. The van der Waals surface area contributed by atoms with Crippen molar-refractivity contribution < 1.29 is 5.11 Å². The first-order chi connectivity index (χ1) is 11.6. The fourth-order valence-corrected chi connectivity index (χ4v) is 3.53. The van der Waals surface area contributed by atoms with Crippen molar-refractivity contribution in [2.75, 3.05) is 0 Å². The standard InChI is InChI=1S/C20H20N2O2/c1-13-5-3-6-15(11-13)16-8-7-14(2)17(12-16)18-19(23)21-9-4-10-22(21)20(18)24/h3,5-8,11-12,23H,4,9-10H2,1-2H3. The van der Waals surface area contributed by atoms with Gasteiger partial charge in [0, 0.05) is 13.1 Å². The van der Waals surface area contributed by atoms with Crippen molar-refractivity contribution in [3.05, 3.63) is 63.9 Å². The first-order valence-corrected chi connectivity index (χ1v) is 8.27. The number of aromatic nitrogens is 2. The van der Waals surface area contributed by atoms with Gasteiger partial charge in [-0.1, -0.05) is 42.0 Å². The molecule has 4 rings (SSSR count). The molecule has 4 nitrogen and oxygen atoms in total. The van der Waals surface area contributed by atoms with Gasteiger partial charge in [0.05, 0.1) is 0 Å². The highest BCUT2D eigenvalue weighted by Crippen LogP contribution is 2.34. The van der Waals surface area contributed by atoms with E-state index in [0.29, 0.717) is 18.7 Å². The van der Waals surface area contributed by atoms with Gasteiger partial charge < -0.3 is 5.11 Å². The van der Waals surface area contributed by atoms with Gasteiger partial charge in [-0.25, -0.2) is 4.68 Å². The van der Waals surface area contributed by atoms with Gasteiger partial charge in [-0.2, -0.15) is 0 Å². The summed E-state index contributed by atoms with van der Waals surface area (Å²) in [4.78, 5) is 12.7. The highest BCUT2D eigenvalue weighted by molar-refractivity contribution is 5.77. The molecule has 0 unspecified atom stereocenters. The quantitative estimate of drug-likeness (QED) is 0.782. The van der Waals surface area contributed by atoms with Crippen LogP contribution in [0.25, 0.3) is 22.3 Å². The zero-order chi connectivity index (χ0) is 16.8. The van der Waals surface area contributed by atoms with E-state index in [2.05, 4.69) is 31.2 Å². The molecular formula is C20H20N2O2. The van der Waals surface area contributed by atoms with E-state index in [9.17, 15) is 9.90 Å². The smallest absolute Gasteiger partial charge is 0.278 e. The van der Waals surface area contributed by atoms with Crippen LogP contribution < -0.4 is 5.56 Å². The van der Waals surface area contributed by atoms with E-state index in [0.717, 1.165) is 28.7 Å². The number of hydrogen-bond donors (Lipinski definition) is 1. The molecule has 1 aliphatic rings. The molecule has 24 heavy (non-hydrogen) atoms. The fraction of sp³-hybridized carbons (Fsp3) is 0.250. The van der Waals surface area contributed by atoms with Crippen LogP contribution in [0.3, 0.4) is 0 Å². The monoisotopic (exact) mass is 320 g/mol. The van der Waals surface area contributed by atoms with Gasteiger partial charge in [0.15, 0.2) is 0 Å². The third-order valence-corrected chi connectivity index (χ3v) is 4.81. The molecule has 0 saturated carbocycles. The second kappa shape index (κ2) is 5.41. The summed E-state index contributed by atoms with van der Waals surface area (Å²) in [5.74, 6) is 0.0852. The van der Waals surface area contributed by atoms with Crippen molar-refractivity contribution in [3.63, 3.8) is 0 Å². The Morgan fingerprint density at radius 2 is 1.71 bits per heavy atom. The molecule has 0 saturated heterocycles. The van der Waals surface area contributed by atoms with Gasteiger partial charge in [0.2, 0.25) is 5.88 Å². The van der Waals surface area contributed by atoms with Gasteiger partial charge in [0.1, 0.15) is 5.56 Å². The molecule has 1 aliphatic heterocycles. The zero-order valence-corrected chi connectivity index (χ0v) is 13.9. The van der Waals surface area contributed by atoms with E-state index in [1.807, 2.05) is 25.1 Å². The van der Waals surface area contributed by atoms with Gasteiger partial charge in [0.25, 0.3) is 5.56 Å². The molecule has 1 aromatic heterocycles. The molecule has 122 valence electrons. The average Bonchev–Trinajstić information content (AvgIpc) is 3.13. The Morgan fingerprint density at radius 1 is 0.958 bits per heavy atom. The number of hydrogen-bond acceptors (Lipinski definition) is 2. The number of rotatable bonds is 2. The van der Waals surface area contributed by atoms with Crippen LogP contribution >= 0.6 is 0 Å². The first kappa shape index (κ1) is 14.8. The van der Waals surface area contributed by atoms with Crippen molar-refractivity contribution in [1.29, 1.82) is 0 Å². The highest BCUT2D eigenvalue weighted by Gasteiger charge is 2.25. The molecule has 0 bridgehead atoms. The second-order valence-electron chi connectivity index (χ2n) is 6.50. The molecule has 0 spiro atoms. The van der Waals surface area contributed by atoms with Crippen molar-refractivity contribution in [2.45, 2.75) is 33.4 Å². The third kappa shape index (κ3) is 2.18. The van der Waals surface area contributed by atoms with E-state index in [-0.39, 0.29) is 11.4 Å². The van der Waals surface area contributed by atoms with Crippen LogP contribution in [0.2, 0.25) is 0 Å². The molecule has 1 N–H and O–H groups in total. The summed E-state index contributed by atoms with van der Waals surface area (Å²) in [5.41, 5.74) is 5.48. The normalized spacial score (nSPS) is 13.2. The molecule has 0 atom stereocenters. The van der Waals surface area contributed by atoms with E-state index < -0.39 is 0 Å². The fourth-order valence-electron chi connectivity index (χ4n) is 3.53. The van der Waals surface area contributed by atoms with Gasteiger partial charge in [-0.05, 0) is 48.6 Å². The third-order valence-electron chi connectivity index (χ3n) is 4.81. The molecule has 0 amide bonds. The lowest BCUT2D eigenvalue weighted by atomic mass is 9.96. The lowest BCUT2D eigenvalue weighted by Gasteiger charge is -2.09. The zero-order valence-electron chi connectivity index (χ0n) is 13.9. The molecule has 3 aromatic rings. The summed E-state index contributed by atoms with van der Waals surface area (Å²) in [6.45, 7) is 5.40. The second-order valence-corrected chi connectivity index (χ2v) is 6.50. The maximum Gasteiger partial charge on any atom is 0.278 e. The average molecular weight is 320 g/mol. The molecule has 0 fully saturated rings. The Bertz CT molecular complexity index is 995. The van der Waals surface area contributed by atoms with E-state index >= 15 is 0 Å². The number of aryl methyl sites for hydroxylation is 2. The van der Waals surface area contributed by atoms with Crippen LogP contribution in [0.15, 0.2) is 47.3 Å². The van der Waals surface area contributed by atoms with Crippen molar-refractivity contribution >= 4 is 0 Å². The summed E-state index contributed by atoms with van der Waals surface area (Å²) in [6.07, 6.45) is 0.894. The molecule has 2 heterocycles. The number of benzene rings is 2. The minimum absolute atomic E-state index is 0.0852. The van der Waals surface area contributed by atoms with Gasteiger partial charge in [-0.3, -0.25) is 9.48 Å². The Kier molecular flexibility index (Phi) is 3.34. The highest BCUT2D eigenvalue weighted by atomic mass is 16.3. The molecule has 2 aromatic carbocycles. The van der Waals surface area contributed by atoms with Crippen molar-refractivity contribution in [3.8, 4) is 28.1 Å². The lowest BCUT2D eigenvalue weighted by Crippen LogP contribution is -2.17. The largest absolute Gasteiger partial charge is 0.493 e. The van der Waals surface area contributed by atoms with Crippen LogP contribution in [0.1, 0.15) is 17.5 Å². The molecule has 4 heteroatoms. The maximum absolute atomic E-state index is 12.7. The number of fused-ring (bicyclic) bond motifs is 1. The van der Waals surface area contributed by atoms with Crippen LogP contribution in [0.5, 0.6) is 5.88 Å². The van der Waals surface area contributed by atoms with Crippen LogP contribution in [0, 0.1) is 13.8 Å². The number of nitrogens with zero attached hydrogens (tertiary/aromatic N) is 2. The summed E-state index contributed by atoms with van der Waals surface area (Å²) in [6, 6.07) is 14.4. The Balaban J connectivity index is 1.91. The minimum Gasteiger partial charge on any atom is -0.493 e. The summed E-state index contributed by atoms with van der Waals surface area (Å²) >= 11 is 0.